The van der Waals surface area contributed by atoms with Gasteiger partial charge in [0.15, 0.2) is 5.78 Å². The Labute approximate surface area is 141 Å². The molecule has 5 nitrogen and oxygen atoms in total. The molecular weight excluding hydrogens is 328 g/mol. The van der Waals surface area contributed by atoms with Crippen LogP contribution in [0.2, 0.25) is 0 Å². The van der Waals surface area contributed by atoms with Gasteiger partial charge in [-0.15, -0.1) is 0 Å². The highest BCUT2D eigenvalue weighted by Gasteiger charge is 2.11. The maximum absolute atomic E-state index is 12.5. The molecular formula is C18H18O5S. The largest absolute Gasteiger partial charge is 0.394 e. The van der Waals surface area contributed by atoms with Crippen molar-refractivity contribution in [2.24, 2.45) is 0 Å². The lowest BCUT2D eigenvalue weighted by molar-refractivity contribution is 0.104. The summed E-state index contributed by atoms with van der Waals surface area (Å²) in [5.41, 5.74) is 1.49. The quantitative estimate of drug-likeness (QED) is 0.539. The van der Waals surface area contributed by atoms with Gasteiger partial charge in [-0.3, -0.25) is 13.9 Å². The Balaban J connectivity index is 0.000000425. The Kier molecular flexibility index (Phi) is 6.79. The molecule has 24 heavy (non-hydrogen) atoms. The molecule has 3 aromatic carbocycles. The van der Waals surface area contributed by atoms with E-state index in [0.29, 0.717) is 0 Å². The molecule has 0 unspecified atom stereocenters. The average Bonchev–Trinajstić information content (AvgIpc) is 2.53. The fourth-order valence-corrected chi connectivity index (χ4v) is 2.17. The van der Waals surface area contributed by atoms with Crippen LogP contribution in [0.3, 0.4) is 0 Å². The van der Waals surface area contributed by atoms with Crippen molar-refractivity contribution in [2.45, 2.75) is 7.43 Å². The molecule has 0 fully saturated rings. The Morgan fingerprint density at radius 1 is 0.750 bits per heavy atom. The van der Waals surface area contributed by atoms with Gasteiger partial charge in [0, 0.05) is 11.1 Å². The molecule has 0 aliphatic heterocycles. The van der Waals surface area contributed by atoms with Gasteiger partial charge in [-0.25, -0.2) is 0 Å². The highest BCUT2D eigenvalue weighted by atomic mass is 32.3. The van der Waals surface area contributed by atoms with E-state index in [2.05, 4.69) is 0 Å². The van der Waals surface area contributed by atoms with E-state index in [0.717, 1.165) is 21.9 Å². The van der Waals surface area contributed by atoms with E-state index in [9.17, 15) is 4.79 Å². The highest BCUT2D eigenvalue weighted by Crippen LogP contribution is 2.21. The van der Waals surface area contributed by atoms with Gasteiger partial charge in [0.2, 0.25) is 0 Å². The van der Waals surface area contributed by atoms with Gasteiger partial charge >= 0.3 is 10.4 Å². The first-order chi connectivity index (χ1) is 10.9. The Hall–Kier alpha value is -2.54. The van der Waals surface area contributed by atoms with E-state index in [1.54, 1.807) is 0 Å². The van der Waals surface area contributed by atoms with Crippen molar-refractivity contribution in [3.8, 4) is 0 Å². The van der Waals surface area contributed by atoms with E-state index in [1.165, 1.54) is 0 Å². The number of hydrogen-bond donors (Lipinski definition) is 2. The molecule has 0 atom stereocenters. The maximum Gasteiger partial charge on any atom is 0.394 e. The summed E-state index contributed by atoms with van der Waals surface area (Å²) >= 11 is 0. The second-order valence-corrected chi connectivity index (χ2v) is 5.57. The first-order valence-corrected chi connectivity index (χ1v) is 8.03. The molecule has 0 heterocycles. The van der Waals surface area contributed by atoms with E-state index < -0.39 is 10.4 Å². The first kappa shape index (κ1) is 19.5. The molecule has 0 radical (unpaired) electrons. The zero-order valence-electron chi connectivity index (χ0n) is 12.0. The van der Waals surface area contributed by atoms with Gasteiger partial charge < -0.3 is 0 Å². The number of benzene rings is 3. The standard InChI is InChI=1S/C17H12O.CH4.H2O4S/c18-17(14-8-2-1-3-9-14)16-12-6-10-13-7-4-5-11-15(13)16;;1-5(2,3)4/h1-12H;1H4;(H2,1,2,3,4). The van der Waals surface area contributed by atoms with Crippen molar-refractivity contribution < 1.29 is 22.3 Å². The van der Waals surface area contributed by atoms with Gasteiger partial charge in [0.05, 0.1) is 0 Å². The molecule has 0 bridgehead atoms. The second-order valence-electron chi connectivity index (χ2n) is 4.67. The maximum atomic E-state index is 12.5. The van der Waals surface area contributed by atoms with Gasteiger partial charge in [-0.1, -0.05) is 80.2 Å². The summed E-state index contributed by atoms with van der Waals surface area (Å²) in [5.74, 6) is 0.0763. The number of ketones is 1. The monoisotopic (exact) mass is 346 g/mol. The van der Waals surface area contributed by atoms with Gasteiger partial charge in [0.25, 0.3) is 0 Å². The molecule has 0 aliphatic rings. The topological polar surface area (TPSA) is 91.7 Å². The summed E-state index contributed by atoms with van der Waals surface area (Å²) in [6.45, 7) is 0. The van der Waals surface area contributed by atoms with E-state index in [4.69, 9.17) is 17.5 Å². The van der Waals surface area contributed by atoms with Crippen LogP contribution in [-0.2, 0) is 10.4 Å². The lowest BCUT2D eigenvalue weighted by atomic mass is 9.97. The van der Waals surface area contributed by atoms with Crippen molar-refractivity contribution in [3.63, 3.8) is 0 Å². The molecule has 0 aromatic heterocycles. The van der Waals surface area contributed by atoms with Crippen LogP contribution < -0.4 is 0 Å². The molecule has 3 aromatic rings. The molecule has 0 saturated carbocycles. The zero-order valence-corrected chi connectivity index (χ0v) is 12.8. The summed E-state index contributed by atoms with van der Waals surface area (Å²) in [5, 5.41) is 2.10. The third-order valence-electron chi connectivity index (χ3n) is 3.07. The molecule has 126 valence electrons. The molecule has 0 spiro atoms. The number of fused-ring (bicyclic) bond motifs is 1. The van der Waals surface area contributed by atoms with Crippen molar-refractivity contribution >= 4 is 27.0 Å². The van der Waals surface area contributed by atoms with E-state index in [1.807, 2.05) is 72.8 Å². The van der Waals surface area contributed by atoms with Gasteiger partial charge in [0.1, 0.15) is 0 Å². The summed E-state index contributed by atoms with van der Waals surface area (Å²) < 4.78 is 31.6. The third-order valence-corrected chi connectivity index (χ3v) is 3.07. The van der Waals surface area contributed by atoms with E-state index in [-0.39, 0.29) is 13.2 Å². The molecule has 0 aliphatic carbocycles. The van der Waals surface area contributed by atoms with Crippen LogP contribution in [-0.4, -0.2) is 23.3 Å². The normalized spacial score (nSPS) is 10.2. The van der Waals surface area contributed by atoms with Crippen molar-refractivity contribution in [3.05, 3.63) is 83.9 Å². The number of carbonyl (C=O) groups excluding carboxylic acids is 1. The molecule has 2 N–H and O–H groups in total. The molecule has 0 saturated heterocycles. The smallest absolute Gasteiger partial charge is 0.289 e. The van der Waals surface area contributed by atoms with Crippen molar-refractivity contribution in [1.82, 2.24) is 0 Å². The fourth-order valence-electron chi connectivity index (χ4n) is 2.17. The van der Waals surface area contributed by atoms with E-state index >= 15 is 0 Å². The summed E-state index contributed by atoms with van der Waals surface area (Å²) in [7, 11) is -4.67. The lowest BCUT2D eigenvalue weighted by Gasteiger charge is -2.05. The predicted molar refractivity (Wildman–Crippen MR) is 94.7 cm³/mol. The van der Waals surface area contributed by atoms with Crippen LogP contribution in [0.5, 0.6) is 0 Å². The summed E-state index contributed by atoms with van der Waals surface area (Å²) in [6, 6.07) is 23.2. The Bertz CT molecular complexity index is 905. The minimum Gasteiger partial charge on any atom is -0.289 e. The SMILES string of the molecule is C.O=C(c1ccccc1)c1cccc2ccccc12.O=S(=O)(O)O. The van der Waals surface area contributed by atoms with Crippen LogP contribution in [0.1, 0.15) is 23.3 Å². The first-order valence-electron chi connectivity index (χ1n) is 6.63. The lowest BCUT2D eigenvalue weighted by Crippen LogP contribution is -2.01. The van der Waals surface area contributed by atoms with Crippen LogP contribution in [0, 0.1) is 0 Å². The minimum absolute atomic E-state index is 0. The predicted octanol–water partition coefficient (Wildman–Crippen LogP) is 4.05. The second kappa shape index (κ2) is 8.35. The van der Waals surface area contributed by atoms with Crippen LogP contribution in [0.4, 0.5) is 0 Å². The average molecular weight is 346 g/mol. The third kappa shape index (κ3) is 5.58. The molecule has 0 amide bonds. The zero-order chi connectivity index (χ0) is 16.9. The van der Waals surface area contributed by atoms with Crippen LogP contribution in [0.15, 0.2) is 72.8 Å². The minimum atomic E-state index is -4.67. The fraction of sp³-hybridized carbons (Fsp3) is 0.0556. The summed E-state index contributed by atoms with van der Waals surface area (Å²) in [4.78, 5) is 12.5. The van der Waals surface area contributed by atoms with Gasteiger partial charge in [-0.2, -0.15) is 8.42 Å². The molecule has 6 heteroatoms. The van der Waals surface area contributed by atoms with Gasteiger partial charge in [-0.05, 0) is 10.8 Å². The summed E-state index contributed by atoms with van der Waals surface area (Å²) in [6.07, 6.45) is 0. The number of carbonyl (C=O) groups is 1. The van der Waals surface area contributed by atoms with Crippen LogP contribution >= 0.6 is 0 Å². The Morgan fingerprint density at radius 3 is 1.88 bits per heavy atom. The number of rotatable bonds is 2. The van der Waals surface area contributed by atoms with Crippen LogP contribution in [0.25, 0.3) is 10.8 Å². The Morgan fingerprint density at radius 2 is 1.25 bits per heavy atom. The van der Waals surface area contributed by atoms with Crippen molar-refractivity contribution in [1.29, 1.82) is 0 Å². The molecule has 3 rings (SSSR count). The van der Waals surface area contributed by atoms with Crippen molar-refractivity contribution in [2.75, 3.05) is 0 Å². The highest BCUT2D eigenvalue weighted by molar-refractivity contribution is 7.79. The number of hydrogen-bond acceptors (Lipinski definition) is 3.